The number of hydrogen-bond donors (Lipinski definition) is 2. The maximum Gasteiger partial charge on any atom is 0.225 e. The minimum absolute atomic E-state index is 0.125. The zero-order chi connectivity index (χ0) is 23.5. The minimum atomic E-state index is -0.584. The van der Waals surface area contributed by atoms with E-state index in [1.807, 2.05) is 0 Å². The number of imidazole rings is 1. The van der Waals surface area contributed by atoms with Crippen LogP contribution < -0.4 is 5.73 Å². The van der Waals surface area contributed by atoms with Crippen molar-refractivity contribution in [2.75, 3.05) is 38.5 Å². The quantitative estimate of drug-likeness (QED) is 0.395. The fourth-order valence-corrected chi connectivity index (χ4v) is 4.90. The van der Waals surface area contributed by atoms with Gasteiger partial charge in [0.05, 0.1) is 25.0 Å². The Balaban J connectivity index is 1.22. The molecule has 1 unspecified atom stereocenters. The van der Waals surface area contributed by atoms with E-state index < -0.39 is 6.10 Å². The van der Waals surface area contributed by atoms with E-state index in [4.69, 9.17) is 17.3 Å². The Bertz CT molecular complexity index is 1140. The molecule has 1 saturated heterocycles. The number of piperazine rings is 1. The Morgan fingerprint density at radius 1 is 0.882 bits per heavy atom. The average molecular weight is 478 g/mol. The van der Waals surface area contributed by atoms with Crippen molar-refractivity contribution in [2.24, 2.45) is 0 Å². The average Bonchev–Trinajstić information content (AvgIpc) is 3.26. The van der Waals surface area contributed by atoms with E-state index in [2.05, 4.69) is 85.4 Å². The van der Waals surface area contributed by atoms with Gasteiger partial charge in [0.15, 0.2) is 17.3 Å². The highest BCUT2D eigenvalue weighted by Crippen LogP contribution is 2.29. The number of rotatable bonds is 7. The van der Waals surface area contributed by atoms with Crippen LogP contribution in [0.4, 0.5) is 5.82 Å². The molecule has 8 nitrogen and oxygen atoms in total. The first-order valence-corrected chi connectivity index (χ1v) is 11.8. The number of benzene rings is 2. The summed E-state index contributed by atoms with van der Waals surface area (Å²) < 4.78 is 1.76. The molecule has 9 heteroatoms. The summed E-state index contributed by atoms with van der Waals surface area (Å²) >= 11 is 5.95. The Hall–Kier alpha value is -3.04. The van der Waals surface area contributed by atoms with E-state index >= 15 is 0 Å². The Morgan fingerprint density at radius 2 is 1.50 bits per heavy atom. The fraction of sp³-hybridized carbons (Fsp3) is 0.320. The third-order valence-corrected chi connectivity index (χ3v) is 6.51. The van der Waals surface area contributed by atoms with Gasteiger partial charge in [-0.3, -0.25) is 9.80 Å². The number of nitrogen functional groups attached to an aromatic ring is 1. The molecule has 3 N–H and O–H groups in total. The van der Waals surface area contributed by atoms with Crippen LogP contribution >= 0.6 is 11.6 Å². The zero-order valence-corrected chi connectivity index (χ0v) is 19.6. The summed E-state index contributed by atoms with van der Waals surface area (Å²) in [4.78, 5) is 17.3. The van der Waals surface area contributed by atoms with E-state index in [1.165, 1.54) is 11.1 Å². The molecule has 0 aliphatic carbocycles. The standard InChI is InChI=1S/C25H28ClN7O/c26-25-29-21-23(27)28-17-33(24(21)30-25)16-20(34)15-31-11-13-32(14-12-31)22(18-7-3-1-4-8-18)19-9-5-2-6-10-19/h1-10,17,20,22,34H,11-16,27H2. The third kappa shape index (κ3) is 4.90. The maximum absolute atomic E-state index is 10.8. The van der Waals surface area contributed by atoms with Crippen LogP contribution in [0.15, 0.2) is 67.0 Å². The van der Waals surface area contributed by atoms with E-state index in [-0.39, 0.29) is 17.1 Å². The van der Waals surface area contributed by atoms with Gasteiger partial charge in [0.2, 0.25) is 5.28 Å². The molecule has 5 rings (SSSR count). The SMILES string of the molecule is Nc1ncn(CC(O)CN2CCN(C(c3ccccc3)c3ccccc3)CC2)c2nc(Cl)nc1-2. The van der Waals surface area contributed by atoms with Crippen LogP contribution in [0.2, 0.25) is 5.28 Å². The fourth-order valence-electron chi connectivity index (χ4n) is 4.73. The van der Waals surface area contributed by atoms with Crippen LogP contribution in [0, 0.1) is 0 Å². The van der Waals surface area contributed by atoms with E-state index in [0.717, 1.165) is 26.2 Å². The highest BCUT2D eigenvalue weighted by molar-refractivity contribution is 6.28. The van der Waals surface area contributed by atoms with E-state index in [1.54, 1.807) is 10.9 Å². The number of nitrogens with two attached hydrogens (primary N) is 1. The van der Waals surface area contributed by atoms with Crippen LogP contribution in [0.1, 0.15) is 17.2 Å². The van der Waals surface area contributed by atoms with Crippen LogP contribution in [-0.4, -0.2) is 73.3 Å². The summed E-state index contributed by atoms with van der Waals surface area (Å²) in [6.07, 6.45) is 0.994. The molecule has 1 atom stereocenters. The summed E-state index contributed by atoms with van der Waals surface area (Å²) in [6, 6.07) is 21.5. The molecule has 2 aromatic rings. The molecule has 0 bridgehead atoms. The summed E-state index contributed by atoms with van der Waals surface area (Å²) in [5, 5.41) is 10.9. The first-order chi connectivity index (χ1) is 16.6. The van der Waals surface area contributed by atoms with Gasteiger partial charge in [-0.2, -0.15) is 4.98 Å². The van der Waals surface area contributed by atoms with Crippen LogP contribution in [-0.2, 0) is 6.54 Å². The first-order valence-electron chi connectivity index (χ1n) is 11.5. The van der Waals surface area contributed by atoms with Crippen molar-refractivity contribution in [3.05, 3.63) is 83.4 Å². The number of halogens is 1. The normalized spacial score (nSPS) is 16.3. The molecule has 0 saturated carbocycles. The molecule has 0 aromatic heterocycles. The zero-order valence-electron chi connectivity index (χ0n) is 18.8. The van der Waals surface area contributed by atoms with Crippen LogP contribution in [0.25, 0.3) is 11.5 Å². The number of hydrogen-bond acceptors (Lipinski definition) is 7. The molecule has 3 aliphatic rings. The molecule has 0 amide bonds. The second kappa shape index (κ2) is 10.1. The Kier molecular flexibility index (Phi) is 6.73. The number of β-amino-alcohol motifs (C(OH)–C–C–N with tert-alkyl or cyclic N) is 1. The van der Waals surface area contributed by atoms with Crippen LogP contribution in [0.3, 0.4) is 0 Å². The highest BCUT2D eigenvalue weighted by atomic mass is 35.5. The molecule has 34 heavy (non-hydrogen) atoms. The number of aliphatic hydroxyl groups is 1. The number of aliphatic hydroxyl groups excluding tert-OH is 1. The van der Waals surface area contributed by atoms with Gasteiger partial charge in [0.1, 0.15) is 0 Å². The van der Waals surface area contributed by atoms with Crippen molar-refractivity contribution in [3.63, 3.8) is 0 Å². The van der Waals surface area contributed by atoms with Crippen molar-refractivity contribution in [1.82, 2.24) is 29.3 Å². The number of fused-ring (bicyclic) bond motifs is 1. The topological polar surface area (TPSA) is 96.3 Å². The van der Waals surface area contributed by atoms with Crippen LogP contribution in [0.5, 0.6) is 0 Å². The van der Waals surface area contributed by atoms with Crippen molar-refractivity contribution >= 4 is 17.4 Å². The summed E-state index contributed by atoms with van der Waals surface area (Å²) in [6.45, 7) is 4.52. The molecule has 3 heterocycles. The largest absolute Gasteiger partial charge is 0.390 e. The first kappa shape index (κ1) is 22.7. The van der Waals surface area contributed by atoms with Gasteiger partial charge in [-0.25, -0.2) is 9.97 Å². The van der Waals surface area contributed by atoms with Gasteiger partial charge in [-0.05, 0) is 22.7 Å². The molecular weight excluding hydrogens is 450 g/mol. The van der Waals surface area contributed by atoms with Gasteiger partial charge in [-0.15, -0.1) is 0 Å². The summed E-state index contributed by atoms with van der Waals surface area (Å²) in [5.41, 5.74) is 8.94. The van der Waals surface area contributed by atoms with Gasteiger partial charge in [-0.1, -0.05) is 60.7 Å². The van der Waals surface area contributed by atoms with Crippen molar-refractivity contribution < 1.29 is 5.11 Å². The number of anilines is 1. The Morgan fingerprint density at radius 3 is 2.12 bits per heavy atom. The molecule has 0 spiro atoms. The van der Waals surface area contributed by atoms with Gasteiger partial charge < -0.3 is 15.4 Å². The lowest BCUT2D eigenvalue weighted by atomic mass is 9.96. The van der Waals surface area contributed by atoms with Crippen molar-refractivity contribution in [1.29, 1.82) is 0 Å². The summed E-state index contributed by atoms with van der Waals surface area (Å²) in [5.74, 6) is 0.817. The summed E-state index contributed by atoms with van der Waals surface area (Å²) in [7, 11) is 0. The lowest BCUT2D eigenvalue weighted by Gasteiger charge is -2.40. The smallest absolute Gasteiger partial charge is 0.225 e. The number of aromatic nitrogens is 4. The van der Waals surface area contributed by atoms with Gasteiger partial charge in [0.25, 0.3) is 0 Å². The third-order valence-electron chi connectivity index (χ3n) is 6.34. The van der Waals surface area contributed by atoms with Gasteiger partial charge in [0, 0.05) is 32.7 Å². The maximum atomic E-state index is 10.8. The highest BCUT2D eigenvalue weighted by Gasteiger charge is 2.27. The predicted octanol–water partition coefficient (Wildman–Crippen LogP) is 2.78. The van der Waals surface area contributed by atoms with E-state index in [9.17, 15) is 5.11 Å². The van der Waals surface area contributed by atoms with Crippen molar-refractivity contribution in [2.45, 2.75) is 18.7 Å². The molecule has 176 valence electrons. The second-order valence-electron chi connectivity index (χ2n) is 8.66. The molecular formula is C25H28ClN7O. The lowest BCUT2D eigenvalue weighted by molar-refractivity contribution is 0.0555. The van der Waals surface area contributed by atoms with E-state index in [0.29, 0.717) is 24.6 Å². The monoisotopic (exact) mass is 477 g/mol. The van der Waals surface area contributed by atoms with Gasteiger partial charge >= 0.3 is 0 Å². The van der Waals surface area contributed by atoms with Crippen molar-refractivity contribution in [3.8, 4) is 11.5 Å². The second-order valence-corrected chi connectivity index (χ2v) is 9.00. The minimum Gasteiger partial charge on any atom is -0.390 e. The molecule has 3 aliphatic heterocycles. The lowest BCUT2D eigenvalue weighted by Crippen LogP contribution is -2.50. The Labute approximate surface area is 204 Å². The predicted molar refractivity (Wildman–Crippen MR) is 133 cm³/mol. The molecule has 0 radical (unpaired) electrons. The molecule has 1 fully saturated rings. The molecule has 2 aromatic carbocycles. The number of nitrogens with zero attached hydrogens (tertiary/aromatic N) is 6.